The number of carboxylic acid groups (broad SMARTS) is 1. The maximum Gasteiger partial charge on any atom is 0.337 e. The van der Waals surface area contributed by atoms with Crippen molar-refractivity contribution in [3.8, 4) is 0 Å². The van der Waals surface area contributed by atoms with Crippen LogP contribution in [-0.4, -0.2) is 22.0 Å². The number of benzene rings is 1. The number of carboxylic acids is 1. The second kappa shape index (κ2) is 5.58. The average molecular weight is 292 g/mol. The molecule has 0 radical (unpaired) electrons. The molecular formula is C13H10ClN3O3. The van der Waals surface area contributed by atoms with Gasteiger partial charge in [0.15, 0.2) is 0 Å². The summed E-state index contributed by atoms with van der Waals surface area (Å²) in [5, 5.41) is 11.7. The molecule has 0 atom stereocenters. The molecule has 0 aliphatic rings. The predicted octanol–water partition coefficient (Wildman–Crippen LogP) is 2.27. The molecule has 0 unspecified atom stereocenters. The number of nitrogens with two attached hydrogens (primary N) is 1. The number of hydrogen-bond acceptors (Lipinski definition) is 4. The zero-order valence-electron chi connectivity index (χ0n) is 10.1. The molecule has 6 nitrogen and oxygen atoms in total. The van der Waals surface area contributed by atoms with Crippen molar-refractivity contribution in [2.75, 3.05) is 11.1 Å². The number of aromatic carboxylic acids is 1. The van der Waals surface area contributed by atoms with E-state index in [0.29, 0.717) is 10.7 Å². The van der Waals surface area contributed by atoms with Crippen LogP contribution < -0.4 is 11.1 Å². The van der Waals surface area contributed by atoms with Crippen molar-refractivity contribution in [2.45, 2.75) is 0 Å². The summed E-state index contributed by atoms with van der Waals surface area (Å²) in [5.74, 6) is -1.58. The van der Waals surface area contributed by atoms with Crippen LogP contribution in [0.1, 0.15) is 20.7 Å². The Balaban J connectivity index is 2.23. The van der Waals surface area contributed by atoms with Crippen molar-refractivity contribution in [2.24, 2.45) is 0 Å². The van der Waals surface area contributed by atoms with E-state index in [2.05, 4.69) is 10.3 Å². The minimum Gasteiger partial charge on any atom is -0.478 e. The van der Waals surface area contributed by atoms with Gasteiger partial charge in [0.2, 0.25) is 0 Å². The molecule has 1 amide bonds. The Morgan fingerprint density at radius 2 is 1.90 bits per heavy atom. The van der Waals surface area contributed by atoms with E-state index in [0.717, 1.165) is 0 Å². The number of hydrogen-bond donors (Lipinski definition) is 3. The van der Waals surface area contributed by atoms with Gasteiger partial charge < -0.3 is 16.2 Å². The van der Waals surface area contributed by atoms with Crippen molar-refractivity contribution < 1.29 is 14.7 Å². The van der Waals surface area contributed by atoms with Gasteiger partial charge in [0.05, 0.1) is 17.4 Å². The summed E-state index contributed by atoms with van der Waals surface area (Å²) in [6.07, 6.45) is 2.54. The van der Waals surface area contributed by atoms with Crippen LogP contribution >= 0.6 is 11.6 Å². The third kappa shape index (κ3) is 3.24. The lowest BCUT2D eigenvalue weighted by molar-refractivity contribution is 0.0696. The molecule has 20 heavy (non-hydrogen) atoms. The van der Waals surface area contributed by atoms with Crippen molar-refractivity contribution in [3.63, 3.8) is 0 Å². The number of amides is 1. The third-order valence-corrected chi connectivity index (χ3v) is 2.64. The highest BCUT2D eigenvalue weighted by Crippen LogP contribution is 2.18. The molecule has 4 N–H and O–H groups in total. The molecule has 7 heteroatoms. The zero-order valence-corrected chi connectivity index (χ0v) is 10.9. The van der Waals surface area contributed by atoms with Crippen LogP contribution in [0, 0.1) is 0 Å². The molecular weight excluding hydrogens is 282 g/mol. The van der Waals surface area contributed by atoms with E-state index in [-0.39, 0.29) is 16.8 Å². The van der Waals surface area contributed by atoms with Crippen LogP contribution in [0.5, 0.6) is 0 Å². The number of nitrogen functional groups attached to an aromatic ring is 1. The van der Waals surface area contributed by atoms with Gasteiger partial charge in [-0.3, -0.25) is 9.78 Å². The lowest BCUT2D eigenvalue weighted by Crippen LogP contribution is -2.13. The standard InChI is InChI=1S/C13H10ClN3O3/c14-9-1-7(2-10(15)4-9)12(18)17-11-3-8(13(19)20)5-16-6-11/h1-6H,15H2,(H,17,18)(H,19,20). The first-order chi connectivity index (χ1) is 9.45. The summed E-state index contributed by atoms with van der Waals surface area (Å²) in [4.78, 5) is 26.6. The normalized spacial score (nSPS) is 10.1. The largest absolute Gasteiger partial charge is 0.478 e. The summed E-state index contributed by atoms with van der Waals surface area (Å²) in [6, 6.07) is 5.75. The molecule has 0 fully saturated rings. The fraction of sp³-hybridized carbons (Fsp3) is 0. The van der Waals surface area contributed by atoms with E-state index in [9.17, 15) is 9.59 Å². The van der Waals surface area contributed by atoms with Crippen LogP contribution in [0.2, 0.25) is 5.02 Å². The SMILES string of the molecule is Nc1cc(Cl)cc(C(=O)Nc2cncc(C(=O)O)c2)c1. The Hall–Kier alpha value is -2.60. The topological polar surface area (TPSA) is 105 Å². The third-order valence-electron chi connectivity index (χ3n) is 2.43. The number of carbonyl (C=O) groups is 2. The number of carbonyl (C=O) groups excluding carboxylic acids is 1. The predicted molar refractivity (Wildman–Crippen MR) is 75.0 cm³/mol. The van der Waals surface area contributed by atoms with Crippen LogP contribution in [0.15, 0.2) is 36.7 Å². The monoisotopic (exact) mass is 291 g/mol. The maximum absolute atomic E-state index is 12.0. The first-order valence-electron chi connectivity index (χ1n) is 5.51. The van der Waals surface area contributed by atoms with E-state index in [1.807, 2.05) is 0 Å². The highest BCUT2D eigenvalue weighted by molar-refractivity contribution is 6.31. The van der Waals surface area contributed by atoms with E-state index < -0.39 is 11.9 Å². The molecule has 1 aromatic carbocycles. The van der Waals surface area contributed by atoms with Crippen molar-refractivity contribution >= 4 is 34.9 Å². The molecule has 0 saturated heterocycles. The van der Waals surface area contributed by atoms with E-state index in [4.69, 9.17) is 22.4 Å². The number of pyridine rings is 1. The van der Waals surface area contributed by atoms with Crippen LogP contribution in [0.25, 0.3) is 0 Å². The Kier molecular flexibility index (Phi) is 3.86. The van der Waals surface area contributed by atoms with Gasteiger partial charge in [0.1, 0.15) is 0 Å². The smallest absolute Gasteiger partial charge is 0.337 e. The number of nitrogens with zero attached hydrogens (tertiary/aromatic N) is 1. The van der Waals surface area contributed by atoms with Crippen LogP contribution in [0.4, 0.5) is 11.4 Å². The first-order valence-corrected chi connectivity index (χ1v) is 5.89. The molecule has 102 valence electrons. The summed E-state index contributed by atoms with van der Waals surface area (Å²) in [7, 11) is 0. The zero-order chi connectivity index (χ0) is 14.7. The minimum absolute atomic E-state index is 0.0200. The summed E-state index contributed by atoms with van der Waals surface area (Å²) in [5.41, 5.74) is 6.49. The maximum atomic E-state index is 12.0. The molecule has 0 aliphatic carbocycles. The number of halogens is 1. The molecule has 2 aromatic rings. The van der Waals surface area contributed by atoms with Crippen LogP contribution in [-0.2, 0) is 0 Å². The number of aromatic nitrogens is 1. The van der Waals surface area contributed by atoms with Gasteiger partial charge in [-0.1, -0.05) is 11.6 Å². The average Bonchev–Trinajstić information content (AvgIpc) is 2.37. The summed E-state index contributed by atoms with van der Waals surface area (Å²) < 4.78 is 0. The molecule has 0 aliphatic heterocycles. The van der Waals surface area contributed by atoms with Gasteiger partial charge >= 0.3 is 5.97 Å². The Morgan fingerprint density at radius 3 is 2.55 bits per heavy atom. The highest BCUT2D eigenvalue weighted by atomic mass is 35.5. The van der Waals surface area contributed by atoms with Gasteiger partial charge in [-0.2, -0.15) is 0 Å². The number of rotatable bonds is 3. The Morgan fingerprint density at radius 1 is 1.15 bits per heavy atom. The summed E-state index contributed by atoms with van der Waals surface area (Å²) >= 11 is 5.81. The Labute approximate surface area is 119 Å². The quantitative estimate of drug-likeness (QED) is 0.752. The molecule has 0 spiro atoms. The van der Waals surface area contributed by atoms with Gasteiger partial charge in [-0.25, -0.2) is 4.79 Å². The molecule has 1 aromatic heterocycles. The second-order valence-electron chi connectivity index (χ2n) is 3.99. The fourth-order valence-corrected chi connectivity index (χ4v) is 1.82. The molecule has 1 heterocycles. The first kappa shape index (κ1) is 13.8. The van der Waals surface area contributed by atoms with Gasteiger partial charge in [0.25, 0.3) is 5.91 Å². The Bertz CT molecular complexity index is 668. The van der Waals surface area contributed by atoms with Crippen molar-refractivity contribution in [1.82, 2.24) is 4.98 Å². The molecule has 0 saturated carbocycles. The van der Waals surface area contributed by atoms with Gasteiger partial charge in [-0.15, -0.1) is 0 Å². The van der Waals surface area contributed by atoms with Gasteiger partial charge in [-0.05, 0) is 24.3 Å². The fourth-order valence-electron chi connectivity index (χ4n) is 1.57. The van der Waals surface area contributed by atoms with Gasteiger partial charge in [0, 0.05) is 22.5 Å². The van der Waals surface area contributed by atoms with Crippen LogP contribution in [0.3, 0.4) is 0 Å². The highest BCUT2D eigenvalue weighted by Gasteiger charge is 2.10. The lowest BCUT2D eigenvalue weighted by atomic mass is 10.2. The number of anilines is 2. The van der Waals surface area contributed by atoms with E-state index in [1.54, 1.807) is 0 Å². The second-order valence-corrected chi connectivity index (χ2v) is 4.43. The lowest BCUT2D eigenvalue weighted by Gasteiger charge is -2.06. The minimum atomic E-state index is -1.12. The van der Waals surface area contributed by atoms with E-state index in [1.165, 1.54) is 36.7 Å². The summed E-state index contributed by atoms with van der Waals surface area (Å²) in [6.45, 7) is 0. The van der Waals surface area contributed by atoms with Crippen molar-refractivity contribution in [3.05, 3.63) is 52.8 Å². The number of nitrogens with one attached hydrogen (secondary N) is 1. The molecule has 2 rings (SSSR count). The van der Waals surface area contributed by atoms with Crippen molar-refractivity contribution in [1.29, 1.82) is 0 Å². The molecule has 0 bridgehead atoms. The van der Waals surface area contributed by atoms with E-state index >= 15 is 0 Å².